The van der Waals surface area contributed by atoms with E-state index in [0.29, 0.717) is 15.2 Å². The highest BCUT2D eigenvalue weighted by molar-refractivity contribution is 5.96. The third-order valence-corrected chi connectivity index (χ3v) is 6.91. The van der Waals surface area contributed by atoms with Crippen LogP contribution in [0.15, 0.2) is 0 Å². The second-order valence-corrected chi connectivity index (χ2v) is 10.9. The van der Waals surface area contributed by atoms with Crippen molar-refractivity contribution in [3.63, 3.8) is 0 Å². The molecule has 48 heavy (non-hydrogen) atoms. The average Bonchev–Trinajstić information content (AvgIpc) is 3.02. The van der Waals surface area contributed by atoms with Gasteiger partial charge in [0, 0.05) is 40.4 Å². The molecule has 0 aromatic heterocycles. The van der Waals surface area contributed by atoms with Gasteiger partial charge in [0.25, 0.3) is 0 Å². The number of amides is 9. The van der Waals surface area contributed by atoms with Crippen LogP contribution < -0.4 is 31.9 Å². The number of nitrogens with one attached hydrogen (secondary N) is 6. The van der Waals surface area contributed by atoms with Crippen molar-refractivity contribution in [3.05, 3.63) is 0 Å². The summed E-state index contributed by atoms with van der Waals surface area (Å²) in [6, 6.07) is -4.11. The molecule has 1 rings (SSSR count). The zero-order valence-electron chi connectivity index (χ0n) is 27.1. The van der Waals surface area contributed by atoms with E-state index in [1.807, 2.05) is 0 Å². The molecule has 1 heterocycles. The van der Waals surface area contributed by atoms with Crippen molar-refractivity contribution in [2.75, 3.05) is 39.3 Å². The van der Waals surface area contributed by atoms with Crippen molar-refractivity contribution in [1.29, 1.82) is 0 Å². The SMILES string of the molecule is CC(=O)N(O)CCC[C@@H]1NC(=O)CNC(=O)CNC(=O)CNC(=O)[C@@H](CCCN(O)C(C)=O)NC(=O)[C@@H](CCCN(O)C(C)=O)NC1=O. The molecule has 0 saturated carbocycles. The van der Waals surface area contributed by atoms with Gasteiger partial charge in [-0.05, 0) is 38.5 Å². The van der Waals surface area contributed by atoms with Crippen LogP contribution in [0.2, 0.25) is 0 Å². The first-order valence-corrected chi connectivity index (χ1v) is 15.1. The first kappa shape index (κ1) is 41.1. The second-order valence-electron chi connectivity index (χ2n) is 10.9. The molecule has 270 valence electrons. The van der Waals surface area contributed by atoms with Gasteiger partial charge in [-0.15, -0.1) is 0 Å². The van der Waals surface area contributed by atoms with Gasteiger partial charge in [0.1, 0.15) is 18.1 Å². The van der Waals surface area contributed by atoms with Gasteiger partial charge in [-0.2, -0.15) is 0 Å². The minimum atomic E-state index is -1.41. The Hall–Kier alpha value is -4.89. The van der Waals surface area contributed by atoms with Crippen LogP contribution in [0, 0.1) is 0 Å². The molecule has 0 bridgehead atoms. The third kappa shape index (κ3) is 16.1. The largest absolute Gasteiger partial charge is 0.346 e. The molecule has 9 N–H and O–H groups in total. The van der Waals surface area contributed by atoms with E-state index in [2.05, 4.69) is 31.9 Å². The molecule has 0 radical (unpaired) electrons. The van der Waals surface area contributed by atoms with Crippen molar-refractivity contribution in [3.8, 4) is 0 Å². The van der Waals surface area contributed by atoms with Gasteiger partial charge in [-0.25, -0.2) is 15.2 Å². The molecular weight excluding hydrogens is 642 g/mol. The lowest BCUT2D eigenvalue weighted by molar-refractivity contribution is -0.163. The Morgan fingerprint density at radius 2 is 0.833 bits per heavy atom. The van der Waals surface area contributed by atoms with Crippen molar-refractivity contribution >= 4 is 53.2 Å². The summed E-state index contributed by atoms with van der Waals surface area (Å²) in [5.74, 6) is -7.02. The number of hydrogen-bond acceptors (Lipinski definition) is 12. The summed E-state index contributed by atoms with van der Waals surface area (Å²) in [5.41, 5.74) is 0. The summed E-state index contributed by atoms with van der Waals surface area (Å²) in [7, 11) is 0. The van der Waals surface area contributed by atoms with E-state index in [0.717, 1.165) is 20.8 Å². The number of rotatable bonds is 12. The maximum atomic E-state index is 13.5. The molecule has 1 aliphatic rings. The minimum absolute atomic E-state index is 0.00612. The van der Waals surface area contributed by atoms with E-state index in [1.165, 1.54) is 0 Å². The van der Waals surface area contributed by atoms with E-state index in [4.69, 9.17) is 0 Å². The zero-order chi connectivity index (χ0) is 36.4. The minimum Gasteiger partial charge on any atom is -0.346 e. The summed E-state index contributed by atoms with van der Waals surface area (Å²) in [6.07, 6.45) is -0.483. The topological polar surface area (TPSA) is 296 Å². The predicted molar refractivity (Wildman–Crippen MR) is 160 cm³/mol. The van der Waals surface area contributed by atoms with Crippen molar-refractivity contribution in [1.82, 2.24) is 47.1 Å². The fourth-order valence-corrected chi connectivity index (χ4v) is 4.18. The van der Waals surface area contributed by atoms with E-state index in [9.17, 15) is 58.8 Å². The van der Waals surface area contributed by atoms with Gasteiger partial charge < -0.3 is 31.9 Å². The Labute approximate surface area is 275 Å². The molecule has 0 aromatic carbocycles. The predicted octanol–water partition coefficient (Wildman–Crippen LogP) is -4.14. The van der Waals surface area contributed by atoms with Gasteiger partial charge in [0.05, 0.1) is 19.6 Å². The standard InChI is InChI=1S/C27H45N9O12/c1-16(37)34(46)10-4-7-19-25(43)30-14-23(41)28-13-22(40)29-15-24(42)31-20(8-5-11-35(47)17(2)38)26(44)33-21(27(45)32-19)9-6-12-36(48)18(3)39/h19-21,46-48H,4-15H2,1-3H3,(H,28,41)(H,29,40)(H,30,43)(H,31,42)(H,32,45)(H,33,44)/t19-,20+,21-/m1/s1. The molecule has 1 saturated heterocycles. The Morgan fingerprint density at radius 1 is 0.521 bits per heavy atom. The highest BCUT2D eigenvalue weighted by Gasteiger charge is 2.30. The Morgan fingerprint density at radius 3 is 1.21 bits per heavy atom. The number of carbonyl (C=O) groups excluding carboxylic acids is 9. The fourth-order valence-electron chi connectivity index (χ4n) is 4.18. The van der Waals surface area contributed by atoms with Gasteiger partial charge in [-0.1, -0.05) is 0 Å². The molecule has 21 nitrogen and oxygen atoms in total. The summed E-state index contributed by atoms with van der Waals surface area (Å²) in [5, 5.41) is 44.5. The molecule has 0 aromatic rings. The first-order valence-electron chi connectivity index (χ1n) is 15.1. The zero-order valence-corrected chi connectivity index (χ0v) is 27.1. The number of nitrogens with zero attached hydrogens (tertiary/aromatic N) is 3. The van der Waals surface area contributed by atoms with E-state index >= 15 is 0 Å². The molecule has 0 aliphatic carbocycles. The van der Waals surface area contributed by atoms with Crippen LogP contribution in [0.5, 0.6) is 0 Å². The first-order chi connectivity index (χ1) is 22.5. The van der Waals surface area contributed by atoms with Crippen LogP contribution in [0.4, 0.5) is 0 Å². The van der Waals surface area contributed by atoms with Crippen LogP contribution >= 0.6 is 0 Å². The lowest BCUT2D eigenvalue weighted by atomic mass is 10.1. The fraction of sp³-hybridized carbons (Fsp3) is 0.667. The Bertz CT molecular complexity index is 1180. The van der Waals surface area contributed by atoms with E-state index < -0.39 is 90.9 Å². The second kappa shape index (κ2) is 21.1. The lowest BCUT2D eigenvalue weighted by Crippen LogP contribution is -2.58. The molecule has 1 aliphatic heterocycles. The number of carbonyl (C=O) groups is 9. The van der Waals surface area contributed by atoms with Gasteiger partial charge in [0.15, 0.2) is 0 Å². The van der Waals surface area contributed by atoms with Crippen LogP contribution in [0.25, 0.3) is 0 Å². The van der Waals surface area contributed by atoms with E-state index in [1.54, 1.807) is 0 Å². The van der Waals surface area contributed by atoms with Crippen LogP contribution in [-0.4, -0.2) is 141 Å². The summed E-state index contributed by atoms with van der Waals surface area (Å²) in [6.45, 7) is 0.894. The highest BCUT2D eigenvalue weighted by Crippen LogP contribution is 2.07. The molecule has 3 atom stereocenters. The quantitative estimate of drug-likeness (QED) is 0.0698. The Kier molecular flexibility index (Phi) is 18.1. The Balaban J connectivity index is 3.36. The molecular formula is C27H45N9O12. The number of hydrogen-bond donors (Lipinski definition) is 9. The van der Waals surface area contributed by atoms with E-state index in [-0.39, 0.29) is 58.2 Å². The highest BCUT2D eigenvalue weighted by atomic mass is 16.5. The molecule has 9 amide bonds. The average molecular weight is 688 g/mol. The molecule has 0 unspecified atom stereocenters. The smallest absolute Gasteiger partial charge is 0.243 e. The van der Waals surface area contributed by atoms with Gasteiger partial charge in [-0.3, -0.25) is 58.8 Å². The molecule has 1 fully saturated rings. The van der Waals surface area contributed by atoms with Gasteiger partial charge >= 0.3 is 0 Å². The van der Waals surface area contributed by atoms with Gasteiger partial charge in [0.2, 0.25) is 53.2 Å². The monoisotopic (exact) mass is 687 g/mol. The van der Waals surface area contributed by atoms with Crippen molar-refractivity contribution < 1.29 is 58.8 Å². The normalized spacial score (nSPS) is 20.0. The van der Waals surface area contributed by atoms with Crippen molar-refractivity contribution in [2.45, 2.75) is 77.4 Å². The van der Waals surface area contributed by atoms with Crippen LogP contribution in [0.1, 0.15) is 59.3 Å². The molecule has 0 spiro atoms. The third-order valence-electron chi connectivity index (χ3n) is 6.91. The summed E-state index contributed by atoms with van der Waals surface area (Å²) in [4.78, 5) is 111. The maximum absolute atomic E-state index is 13.5. The van der Waals surface area contributed by atoms with Crippen molar-refractivity contribution in [2.24, 2.45) is 0 Å². The number of hydroxylamine groups is 6. The lowest BCUT2D eigenvalue weighted by Gasteiger charge is -2.26. The summed E-state index contributed by atoms with van der Waals surface area (Å²) >= 11 is 0. The van der Waals surface area contributed by atoms with Crippen LogP contribution in [0.3, 0.4) is 0 Å². The molecule has 21 heteroatoms. The van der Waals surface area contributed by atoms with Crippen LogP contribution in [-0.2, 0) is 43.2 Å². The maximum Gasteiger partial charge on any atom is 0.243 e. The summed E-state index contributed by atoms with van der Waals surface area (Å²) < 4.78 is 0.